The van der Waals surface area contributed by atoms with Crippen LogP contribution in [-0.2, 0) is 20.7 Å². The van der Waals surface area contributed by atoms with Crippen LogP contribution in [0.4, 0.5) is 11.4 Å². The van der Waals surface area contributed by atoms with Crippen molar-refractivity contribution in [2.24, 2.45) is 0 Å². The summed E-state index contributed by atoms with van der Waals surface area (Å²) in [5, 5.41) is 2.82. The number of hydrogen-bond donors (Lipinski definition) is 1. The van der Waals surface area contributed by atoms with Gasteiger partial charge in [0.15, 0.2) is 6.10 Å². The van der Waals surface area contributed by atoms with Crippen LogP contribution < -0.4 is 15.0 Å². The SMILES string of the molecule is COC(=O)c1cc(N2CCOCC2)ccc1NC(=O)C1Cc2ccccc2O1. The van der Waals surface area contributed by atoms with Gasteiger partial charge in [0, 0.05) is 25.2 Å². The molecule has 2 heterocycles. The monoisotopic (exact) mass is 382 g/mol. The molecule has 4 rings (SSSR count). The largest absolute Gasteiger partial charge is 0.480 e. The summed E-state index contributed by atoms with van der Waals surface area (Å²) in [7, 11) is 1.33. The van der Waals surface area contributed by atoms with Crippen LogP contribution in [0.3, 0.4) is 0 Å². The molecule has 2 aromatic rings. The van der Waals surface area contributed by atoms with Crippen LogP contribution >= 0.6 is 0 Å². The summed E-state index contributed by atoms with van der Waals surface area (Å²) < 4.78 is 16.0. The summed E-state index contributed by atoms with van der Waals surface area (Å²) in [6.07, 6.45) is -0.122. The van der Waals surface area contributed by atoms with Crippen molar-refractivity contribution >= 4 is 23.3 Å². The van der Waals surface area contributed by atoms with Crippen LogP contribution in [0.2, 0.25) is 0 Å². The van der Waals surface area contributed by atoms with Crippen molar-refractivity contribution in [3.8, 4) is 5.75 Å². The Morgan fingerprint density at radius 2 is 1.93 bits per heavy atom. The molecule has 146 valence electrons. The van der Waals surface area contributed by atoms with Crippen LogP contribution in [0.1, 0.15) is 15.9 Å². The molecule has 7 nitrogen and oxygen atoms in total. The summed E-state index contributed by atoms with van der Waals surface area (Å²) in [5.41, 5.74) is 2.62. The summed E-state index contributed by atoms with van der Waals surface area (Å²) in [6.45, 7) is 2.79. The van der Waals surface area contributed by atoms with Gasteiger partial charge < -0.3 is 24.4 Å². The van der Waals surface area contributed by atoms with E-state index in [9.17, 15) is 9.59 Å². The first-order valence-electron chi connectivity index (χ1n) is 9.26. The fourth-order valence-electron chi connectivity index (χ4n) is 3.48. The molecular weight excluding hydrogens is 360 g/mol. The van der Waals surface area contributed by atoms with Gasteiger partial charge in [-0.3, -0.25) is 4.79 Å². The van der Waals surface area contributed by atoms with Gasteiger partial charge in [0.1, 0.15) is 5.75 Å². The molecule has 1 N–H and O–H groups in total. The Morgan fingerprint density at radius 3 is 2.68 bits per heavy atom. The predicted molar refractivity (Wildman–Crippen MR) is 104 cm³/mol. The number of fused-ring (bicyclic) bond motifs is 1. The highest BCUT2D eigenvalue weighted by atomic mass is 16.5. The number of para-hydroxylation sites is 1. The number of morpholine rings is 1. The number of carbonyl (C=O) groups is 2. The van der Waals surface area contributed by atoms with Crippen LogP contribution in [0.25, 0.3) is 0 Å². The van der Waals surface area contributed by atoms with E-state index in [1.807, 2.05) is 30.3 Å². The first-order chi connectivity index (χ1) is 13.7. The van der Waals surface area contributed by atoms with Crippen LogP contribution in [-0.4, -0.2) is 51.4 Å². The van der Waals surface area contributed by atoms with Crippen LogP contribution in [0.5, 0.6) is 5.75 Å². The molecule has 2 aliphatic heterocycles. The quantitative estimate of drug-likeness (QED) is 0.818. The molecule has 0 spiro atoms. The van der Waals surface area contributed by atoms with Crippen molar-refractivity contribution in [2.45, 2.75) is 12.5 Å². The number of hydrogen-bond acceptors (Lipinski definition) is 6. The topological polar surface area (TPSA) is 77.1 Å². The average molecular weight is 382 g/mol. The number of nitrogens with one attached hydrogen (secondary N) is 1. The number of anilines is 2. The van der Waals surface area contributed by atoms with Crippen LogP contribution in [0.15, 0.2) is 42.5 Å². The van der Waals surface area contributed by atoms with Crippen molar-refractivity contribution < 1.29 is 23.8 Å². The van der Waals surface area contributed by atoms with E-state index in [1.54, 1.807) is 12.1 Å². The van der Waals surface area contributed by atoms with E-state index in [0.29, 0.717) is 30.9 Å². The van der Waals surface area contributed by atoms with Gasteiger partial charge in [-0.1, -0.05) is 18.2 Å². The van der Waals surface area contributed by atoms with Crippen molar-refractivity contribution in [1.29, 1.82) is 0 Å². The van der Waals surface area contributed by atoms with Crippen molar-refractivity contribution in [2.75, 3.05) is 43.6 Å². The Balaban J connectivity index is 1.53. The molecule has 28 heavy (non-hydrogen) atoms. The number of nitrogens with zero attached hydrogens (tertiary/aromatic N) is 1. The average Bonchev–Trinajstić information content (AvgIpc) is 3.18. The van der Waals surface area contributed by atoms with Crippen molar-refractivity contribution in [1.82, 2.24) is 0 Å². The minimum absolute atomic E-state index is 0.291. The summed E-state index contributed by atoms with van der Waals surface area (Å²) in [4.78, 5) is 27.2. The Hall–Kier alpha value is -3.06. The first-order valence-corrected chi connectivity index (χ1v) is 9.26. The molecular formula is C21H22N2O5. The maximum atomic E-state index is 12.7. The normalized spacial score (nSPS) is 18.2. The summed E-state index contributed by atoms with van der Waals surface area (Å²) in [5.74, 6) is -0.0694. The van der Waals surface area contributed by atoms with Gasteiger partial charge in [0.25, 0.3) is 5.91 Å². The number of amides is 1. The van der Waals surface area contributed by atoms with Gasteiger partial charge in [-0.25, -0.2) is 4.79 Å². The third kappa shape index (κ3) is 3.66. The van der Waals surface area contributed by atoms with Gasteiger partial charge in [-0.15, -0.1) is 0 Å². The zero-order valence-corrected chi connectivity index (χ0v) is 15.6. The van der Waals surface area contributed by atoms with Gasteiger partial charge in [-0.2, -0.15) is 0 Å². The highest BCUT2D eigenvalue weighted by molar-refractivity contribution is 6.03. The molecule has 1 fully saturated rings. The zero-order valence-electron chi connectivity index (χ0n) is 15.6. The fourth-order valence-corrected chi connectivity index (χ4v) is 3.48. The maximum Gasteiger partial charge on any atom is 0.340 e. The highest BCUT2D eigenvalue weighted by Crippen LogP contribution is 2.30. The van der Waals surface area contributed by atoms with E-state index in [-0.39, 0.29) is 5.91 Å². The number of esters is 1. The lowest BCUT2D eigenvalue weighted by Crippen LogP contribution is -2.36. The van der Waals surface area contributed by atoms with E-state index in [0.717, 1.165) is 30.1 Å². The number of methoxy groups -OCH3 is 1. The minimum Gasteiger partial charge on any atom is -0.480 e. The summed E-state index contributed by atoms with van der Waals surface area (Å²) >= 11 is 0. The maximum absolute atomic E-state index is 12.7. The molecule has 1 unspecified atom stereocenters. The Kier molecular flexibility index (Phi) is 5.16. The molecule has 2 aliphatic rings. The first kappa shape index (κ1) is 18.3. The second-order valence-electron chi connectivity index (χ2n) is 6.73. The fraction of sp³-hybridized carbons (Fsp3) is 0.333. The van der Waals surface area contributed by atoms with E-state index in [4.69, 9.17) is 14.2 Å². The number of rotatable bonds is 4. The Bertz CT molecular complexity index is 867. The van der Waals surface area contributed by atoms with E-state index < -0.39 is 12.1 Å². The molecule has 1 amide bonds. The predicted octanol–water partition coefficient (Wildman–Crippen LogP) is 2.25. The van der Waals surface area contributed by atoms with E-state index in [1.165, 1.54) is 7.11 Å². The Morgan fingerprint density at radius 1 is 1.14 bits per heavy atom. The third-order valence-electron chi connectivity index (χ3n) is 4.98. The third-order valence-corrected chi connectivity index (χ3v) is 4.98. The second kappa shape index (κ2) is 7.90. The number of ether oxygens (including phenoxy) is 3. The molecule has 1 saturated heterocycles. The van der Waals surface area contributed by atoms with Gasteiger partial charge in [0.2, 0.25) is 0 Å². The Labute approximate surface area is 163 Å². The number of carbonyl (C=O) groups excluding carboxylic acids is 2. The lowest BCUT2D eigenvalue weighted by molar-refractivity contribution is -0.122. The standard InChI is InChI=1S/C21H22N2O5/c1-26-21(25)16-13-15(23-8-10-27-11-9-23)6-7-17(16)22-20(24)19-12-14-4-2-3-5-18(14)28-19/h2-7,13,19H,8-12H2,1H3,(H,22,24). The van der Waals surface area contributed by atoms with Crippen molar-refractivity contribution in [3.05, 3.63) is 53.6 Å². The molecule has 7 heteroatoms. The highest BCUT2D eigenvalue weighted by Gasteiger charge is 2.30. The van der Waals surface area contributed by atoms with Gasteiger partial charge >= 0.3 is 5.97 Å². The lowest BCUT2D eigenvalue weighted by atomic mass is 10.1. The molecule has 0 aromatic heterocycles. The minimum atomic E-state index is -0.623. The van der Waals surface area contributed by atoms with Gasteiger partial charge in [-0.05, 0) is 29.8 Å². The molecule has 1 atom stereocenters. The van der Waals surface area contributed by atoms with E-state index in [2.05, 4.69) is 10.2 Å². The number of benzene rings is 2. The molecule has 0 saturated carbocycles. The van der Waals surface area contributed by atoms with Crippen LogP contribution in [0, 0.1) is 0 Å². The zero-order chi connectivity index (χ0) is 19.5. The van der Waals surface area contributed by atoms with Gasteiger partial charge in [0.05, 0.1) is 31.6 Å². The van der Waals surface area contributed by atoms with Crippen molar-refractivity contribution in [3.63, 3.8) is 0 Å². The summed E-state index contributed by atoms with van der Waals surface area (Å²) in [6, 6.07) is 13.0. The molecule has 2 aromatic carbocycles. The second-order valence-corrected chi connectivity index (χ2v) is 6.73. The smallest absolute Gasteiger partial charge is 0.340 e. The lowest BCUT2D eigenvalue weighted by Gasteiger charge is -2.29. The van der Waals surface area contributed by atoms with E-state index >= 15 is 0 Å². The molecule has 0 aliphatic carbocycles. The molecule has 0 radical (unpaired) electrons. The molecule has 0 bridgehead atoms.